The van der Waals surface area contributed by atoms with Gasteiger partial charge in [-0.05, 0) is 123 Å². The maximum absolute atomic E-state index is 15.6. The number of piperazine rings is 1. The molecule has 0 saturated carbocycles. The summed E-state index contributed by atoms with van der Waals surface area (Å²) in [4.78, 5) is 33.7. The summed E-state index contributed by atoms with van der Waals surface area (Å²) in [6, 6.07) is 27.4. The Bertz CT molecular complexity index is 3210. The fourth-order valence-corrected chi connectivity index (χ4v) is 12.0. The molecule has 1 atom stereocenters. The van der Waals surface area contributed by atoms with Crippen LogP contribution in [0.15, 0.2) is 130 Å². The molecule has 1 unspecified atom stereocenters. The van der Waals surface area contributed by atoms with Crippen molar-refractivity contribution in [2.24, 2.45) is 0 Å². The molecule has 1 aliphatic heterocycles. The van der Waals surface area contributed by atoms with Crippen molar-refractivity contribution in [3.63, 3.8) is 0 Å². The molecule has 0 bridgehead atoms. The minimum Gasteiger partial charge on any atom is -0.478 e. The van der Waals surface area contributed by atoms with Crippen LogP contribution in [0.3, 0.4) is 0 Å². The number of phosphoric ester groups is 1. The standard InChI is InChI=1S/C48H49ClF4N5O10PS3/c1-30(2)58-31(3)44(47(59)60)45(46(58)32-9-11-34(49)12-10-32)33-25-35(50)27-39(26-33)57-22-20-56(21-23-57)38-15-13-36(14-16-38)55-72(66,67)41-17-18-42(43(28-41)71(64,65)48(51,52)53)54-37(19-24-68-69(61,62)63)29-70-40-7-5-4-6-8-40/h4-18,25-28,30,37,54-55H,19-24,29H2,1-3H3,(H,59,60)(H2,61,62,63). The van der Waals surface area contributed by atoms with Gasteiger partial charge in [-0.3, -0.25) is 9.25 Å². The van der Waals surface area contributed by atoms with Crippen molar-refractivity contribution in [3.8, 4) is 22.4 Å². The molecule has 0 aliphatic carbocycles. The van der Waals surface area contributed by atoms with Crippen molar-refractivity contribution >= 4 is 79.8 Å². The average Bonchev–Trinajstić information content (AvgIpc) is 3.63. The third kappa shape index (κ3) is 12.6. The molecule has 1 fully saturated rings. The van der Waals surface area contributed by atoms with Gasteiger partial charge in [-0.25, -0.2) is 30.6 Å². The van der Waals surface area contributed by atoms with Crippen molar-refractivity contribution in [3.05, 3.63) is 137 Å². The van der Waals surface area contributed by atoms with E-state index in [4.69, 9.17) is 11.6 Å². The van der Waals surface area contributed by atoms with Gasteiger partial charge in [-0.1, -0.05) is 41.9 Å². The second-order valence-electron chi connectivity index (χ2n) is 17.0. The molecule has 1 aromatic heterocycles. The van der Waals surface area contributed by atoms with E-state index < -0.39 is 73.1 Å². The van der Waals surface area contributed by atoms with Gasteiger partial charge in [0.15, 0.2) is 0 Å². The topological polar surface area (TPSA) is 208 Å². The molecule has 24 heteroatoms. The van der Waals surface area contributed by atoms with E-state index in [0.29, 0.717) is 76.7 Å². The molecule has 5 aromatic carbocycles. The maximum atomic E-state index is 15.6. The zero-order valence-electron chi connectivity index (χ0n) is 38.7. The van der Waals surface area contributed by atoms with Gasteiger partial charge in [0.2, 0.25) is 0 Å². The Balaban J connectivity index is 1.08. The molecule has 2 heterocycles. The lowest BCUT2D eigenvalue weighted by Crippen LogP contribution is -2.46. The highest BCUT2D eigenvalue weighted by atomic mass is 35.5. The van der Waals surface area contributed by atoms with Crippen LogP contribution in [0.5, 0.6) is 0 Å². The van der Waals surface area contributed by atoms with E-state index in [-0.39, 0.29) is 29.5 Å². The number of hydrogen-bond donors (Lipinski definition) is 5. The van der Waals surface area contributed by atoms with Gasteiger partial charge in [0.1, 0.15) is 10.7 Å². The molecule has 0 radical (unpaired) electrons. The number of aromatic carboxylic acids is 1. The van der Waals surface area contributed by atoms with Crippen LogP contribution in [0.25, 0.3) is 22.4 Å². The first-order valence-electron chi connectivity index (χ1n) is 22.1. The van der Waals surface area contributed by atoms with Gasteiger partial charge in [-0.15, -0.1) is 11.8 Å². The van der Waals surface area contributed by atoms with Gasteiger partial charge >= 0.3 is 19.3 Å². The predicted molar refractivity (Wildman–Crippen MR) is 271 cm³/mol. The molecule has 0 spiro atoms. The summed E-state index contributed by atoms with van der Waals surface area (Å²) in [6.45, 7) is 6.76. The molecular formula is C48H49ClF4N5O10PS3. The highest BCUT2D eigenvalue weighted by Crippen LogP contribution is 2.44. The van der Waals surface area contributed by atoms with Gasteiger partial charge in [-0.2, -0.15) is 13.2 Å². The molecular weight excluding hydrogens is 1050 g/mol. The molecule has 72 heavy (non-hydrogen) atoms. The summed E-state index contributed by atoms with van der Waals surface area (Å²) in [5.41, 5.74) is -2.58. The SMILES string of the molecule is Cc1c(C(=O)O)c(-c2cc(F)cc(N3CCN(c4ccc(NS(=O)(=O)c5ccc(NC(CCOP(=O)(O)O)CSc6ccccc6)c(S(=O)(=O)C(F)(F)F)c5)cc4)CC3)c2)c(-c2ccc(Cl)cc2)n1C(C)C. The lowest BCUT2D eigenvalue weighted by Gasteiger charge is -2.37. The van der Waals surface area contributed by atoms with Crippen LogP contribution in [-0.2, 0) is 28.9 Å². The first-order chi connectivity index (χ1) is 33.8. The summed E-state index contributed by atoms with van der Waals surface area (Å²) in [5.74, 6) is -1.65. The number of nitrogens with one attached hydrogen (secondary N) is 2. The largest absolute Gasteiger partial charge is 0.501 e. The molecule has 15 nitrogen and oxygen atoms in total. The maximum Gasteiger partial charge on any atom is 0.501 e. The second kappa shape index (κ2) is 21.9. The number of rotatable bonds is 19. The number of alkyl halides is 3. The van der Waals surface area contributed by atoms with Crippen molar-refractivity contribution in [2.45, 2.75) is 59.5 Å². The Hall–Kier alpha value is -5.58. The van der Waals surface area contributed by atoms with Gasteiger partial charge in [0.25, 0.3) is 19.9 Å². The Morgan fingerprint density at radius 2 is 1.47 bits per heavy atom. The second-order valence-corrected chi connectivity index (χ2v) is 23.3. The van der Waals surface area contributed by atoms with Crippen LogP contribution < -0.4 is 19.8 Å². The number of thioether (sulfide) groups is 1. The molecule has 1 saturated heterocycles. The van der Waals surface area contributed by atoms with Crippen LogP contribution in [-0.4, -0.2) is 92.4 Å². The normalized spacial score (nSPS) is 14.2. The minimum atomic E-state index is -6.17. The summed E-state index contributed by atoms with van der Waals surface area (Å²) < 4.78 is 131. The third-order valence-electron chi connectivity index (χ3n) is 11.7. The monoisotopic (exact) mass is 1090 g/mol. The molecule has 0 amide bonds. The quantitative estimate of drug-likeness (QED) is 0.0291. The Morgan fingerprint density at radius 1 is 0.847 bits per heavy atom. The minimum absolute atomic E-state index is 0.00963. The van der Waals surface area contributed by atoms with Crippen LogP contribution in [0.1, 0.15) is 42.4 Å². The number of phosphoric acid groups is 1. The zero-order chi connectivity index (χ0) is 52.3. The predicted octanol–water partition coefficient (Wildman–Crippen LogP) is 10.7. The van der Waals surface area contributed by atoms with Crippen molar-refractivity contribution in [2.75, 3.05) is 58.4 Å². The molecule has 5 N–H and O–H groups in total. The van der Waals surface area contributed by atoms with Gasteiger partial charge < -0.3 is 34.6 Å². The number of sulfonamides is 1. The van der Waals surface area contributed by atoms with Crippen molar-refractivity contribution < 1.29 is 63.2 Å². The Labute approximate surface area is 423 Å². The van der Waals surface area contributed by atoms with Crippen LogP contribution in [0.2, 0.25) is 5.02 Å². The van der Waals surface area contributed by atoms with E-state index in [1.54, 1.807) is 79.7 Å². The van der Waals surface area contributed by atoms with Gasteiger partial charge in [0.05, 0.1) is 28.4 Å². The molecule has 7 rings (SSSR count). The number of carbonyl (C=O) groups is 1. The Morgan fingerprint density at radius 3 is 2.06 bits per heavy atom. The van der Waals surface area contributed by atoms with E-state index in [1.165, 1.54) is 36.0 Å². The van der Waals surface area contributed by atoms with E-state index in [9.17, 15) is 54.3 Å². The summed E-state index contributed by atoms with van der Waals surface area (Å²) in [6.07, 6.45) is -0.199. The highest BCUT2D eigenvalue weighted by molar-refractivity contribution is 7.99. The number of anilines is 4. The lowest BCUT2D eigenvalue weighted by atomic mass is 9.96. The third-order valence-corrected chi connectivity index (χ3v) is 16.6. The van der Waals surface area contributed by atoms with E-state index in [2.05, 4.69) is 14.6 Å². The summed E-state index contributed by atoms with van der Waals surface area (Å²) in [5, 5.41) is 13.7. The number of carboxylic acids is 1. The summed E-state index contributed by atoms with van der Waals surface area (Å²) in [7, 11) is -15.8. The van der Waals surface area contributed by atoms with Crippen LogP contribution >= 0.6 is 31.2 Å². The number of nitrogens with zero attached hydrogens (tertiary/aromatic N) is 3. The summed E-state index contributed by atoms with van der Waals surface area (Å²) >= 11 is 7.42. The Kier molecular flexibility index (Phi) is 16.5. The van der Waals surface area contributed by atoms with Crippen molar-refractivity contribution in [1.29, 1.82) is 0 Å². The van der Waals surface area contributed by atoms with Gasteiger partial charge in [0, 0.05) is 82.3 Å². The number of carboxylic acid groups (broad SMARTS) is 1. The smallest absolute Gasteiger partial charge is 0.478 e. The van der Waals surface area contributed by atoms with E-state index >= 15 is 4.39 Å². The number of halogens is 5. The van der Waals surface area contributed by atoms with Crippen molar-refractivity contribution in [1.82, 2.24) is 4.57 Å². The zero-order valence-corrected chi connectivity index (χ0v) is 42.8. The van der Waals surface area contributed by atoms with E-state index in [1.807, 2.05) is 28.2 Å². The highest BCUT2D eigenvalue weighted by Gasteiger charge is 2.48. The number of benzene rings is 5. The lowest BCUT2D eigenvalue weighted by molar-refractivity contribution is -0.0436. The first-order valence-corrected chi connectivity index (χ1v) is 28.0. The number of hydrogen-bond acceptors (Lipinski definition) is 11. The number of sulfone groups is 1. The fourth-order valence-electron chi connectivity index (χ4n) is 8.45. The molecule has 6 aromatic rings. The van der Waals surface area contributed by atoms with Crippen LogP contribution in [0, 0.1) is 12.7 Å². The fraction of sp³-hybridized carbons (Fsp3) is 0.271. The van der Waals surface area contributed by atoms with E-state index in [0.717, 1.165) is 17.0 Å². The molecule has 1 aliphatic rings. The number of aromatic nitrogens is 1. The first kappa shape index (κ1) is 54.2. The average molecular weight is 1090 g/mol. The van der Waals surface area contributed by atoms with Crippen LogP contribution in [0.4, 0.5) is 40.3 Å². The molecule has 384 valence electrons.